The molecule has 2 N–H and O–H groups in total. The van der Waals surface area contributed by atoms with Gasteiger partial charge < -0.3 is 15.4 Å². The third kappa shape index (κ3) is 6.67. The molecule has 0 atom stereocenters. The van der Waals surface area contributed by atoms with Crippen LogP contribution in [0.1, 0.15) is 39.5 Å². The summed E-state index contributed by atoms with van der Waals surface area (Å²) in [5.74, 6) is 1.31. The molecule has 6 nitrogen and oxygen atoms in total. The van der Waals surface area contributed by atoms with E-state index in [2.05, 4.69) is 17.6 Å². The number of methoxy groups -OCH3 is 1. The minimum Gasteiger partial charge on any atom is -0.497 e. The van der Waals surface area contributed by atoms with Gasteiger partial charge in [0.1, 0.15) is 5.75 Å². The smallest absolute Gasteiger partial charge is 0.238 e. The fraction of sp³-hybridized carbons (Fsp3) is 0.600. The normalized spacial score (nSPS) is 19.8. The number of hydrogen-bond acceptors (Lipinski definition) is 4. The van der Waals surface area contributed by atoms with Crippen LogP contribution in [0, 0.1) is 5.92 Å². The number of carbonyl (C=O) groups is 2. The molecule has 2 amide bonds. The van der Waals surface area contributed by atoms with Gasteiger partial charge in [0.15, 0.2) is 0 Å². The average Bonchev–Trinajstić information content (AvgIpc) is 2.63. The summed E-state index contributed by atoms with van der Waals surface area (Å²) in [4.78, 5) is 26.4. The molecule has 1 aliphatic rings. The number of nitrogens with zero attached hydrogens (tertiary/aromatic N) is 1. The van der Waals surface area contributed by atoms with E-state index in [-0.39, 0.29) is 30.9 Å². The van der Waals surface area contributed by atoms with Crippen molar-refractivity contribution in [3.05, 3.63) is 24.3 Å². The first-order valence-corrected chi connectivity index (χ1v) is 9.45. The van der Waals surface area contributed by atoms with Gasteiger partial charge >= 0.3 is 0 Å². The number of hydrogen-bond donors (Lipinski definition) is 2. The van der Waals surface area contributed by atoms with Crippen LogP contribution in [0.5, 0.6) is 5.75 Å². The maximum absolute atomic E-state index is 12.3. The fourth-order valence-electron chi connectivity index (χ4n) is 3.26. The Morgan fingerprint density at radius 2 is 1.85 bits per heavy atom. The Balaban J connectivity index is 1.78. The Hall–Kier alpha value is -2.08. The summed E-state index contributed by atoms with van der Waals surface area (Å²) in [5, 5.41) is 5.96. The molecule has 0 radical (unpaired) electrons. The average molecular weight is 361 g/mol. The first-order chi connectivity index (χ1) is 12.5. The van der Waals surface area contributed by atoms with Gasteiger partial charge in [-0.1, -0.05) is 19.9 Å². The Morgan fingerprint density at radius 1 is 1.15 bits per heavy atom. The molecule has 1 saturated carbocycles. The van der Waals surface area contributed by atoms with Crippen molar-refractivity contribution in [1.82, 2.24) is 10.2 Å². The van der Waals surface area contributed by atoms with E-state index in [0.29, 0.717) is 18.0 Å². The van der Waals surface area contributed by atoms with Gasteiger partial charge in [-0.05, 0) is 50.3 Å². The van der Waals surface area contributed by atoms with Crippen molar-refractivity contribution in [3.8, 4) is 5.75 Å². The SMILES string of the molecule is CCN(CC(=O)Nc1cccc(OC)c1)CC(=O)NC1CCC(C)CC1. The number of rotatable bonds is 8. The van der Waals surface area contributed by atoms with Crippen LogP contribution < -0.4 is 15.4 Å². The summed E-state index contributed by atoms with van der Waals surface area (Å²) in [6, 6.07) is 7.51. The zero-order chi connectivity index (χ0) is 18.9. The second-order valence-electron chi connectivity index (χ2n) is 7.11. The minimum atomic E-state index is -0.139. The van der Waals surface area contributed by atoms with Gasteiger partial charge in [0.2, 0.25) is 11.8 Å². The molecule has 0 aromatic heterocycles. The van der Waals surface area contributed by atoms with E-state index < -0.39 is 0 Å². The summed E-state index contributed by atoms with van der Waals surface area (Å²) in [7, 11) is 1.59. The zero-order valence-corrected chi connectivity index (χ0v) is 16.1. The van der Waals surface area contributed by atoms with Crippen molar-refractivity contribution in [2.75, 3.05) is 32.1 Å². The van der Waals surface area contributed by atoms with E-state index in [9.17, 15) is 9.59 Å². The van der Waals surface area contributed by atoms with Crippen LogP contribution in [0.15, 0.2) is 24.3 Å². The second kappa shape index (κ2) is 10.2. The maximum Gasteiger partial charge on any atom is 0.238 e. The zero-order valence-electron chi connectivity index (χ0n) is 16.1. The highest BCUT2D eigenvalue weighted by Crippen LogP contribution is 2.23. The van der Waals surface area contributed by atoms with Gasteiger partial charge in [-0.3, -0.25) is 14.5 Å². The fourth-order valence-corrected chi connectivity index (χ4v) is 3.26. The van der Waals surface area contributed by atoms with Gasteiger partial charge in [-0.2, -0.15) is 0 Å². The van der Waals surface area contributed by atoms with Crippen molar-refractivity contribution in [2.45, 2.75) is 45.6 Å². The van der Waals surface area contributed by atoms with Gasteiger partial charge in [-0.15, -0.1) is 0 Å². The van der Waals surface area contributed by atoms with Gasteiger partial charge in [0, 0.05) is 17.8 Å². The maximum atomic E-state index is 12.3. The minimum absolute atomic E-state index is 0.000540. The van der Waals surface area contributed by atoms with Crippen molar-refractivity contribution >= 4 is 17.5 Å². The first-order valence-electron chi connectivity index (χ1n) is 9.45. The number of carbonyl (C=O) groups excluding carboxylic acids is 2. The Labute approximate surface area is 156 Å². The molecule has 0 saturated heterocycles. The molecule has 1 fully saturated rings. The number of amides is 2. The molecule has 1 aromatic carbocycles. The van der Waals surface area contributed by atoms with Gasteiger partial charge in [0.05, 0.1) is 20.2 Å². The molecular formula is C20H31N3O3. The molecule has 0 aliphatic heterocycles. The predicted octanol–water partition coefficient (Wildman–Crippen LogP) is 2.65. The Kier molecular flexibility index (Phi) is 7.91. The Bertz CT molecular complexity index is 598. The quantitative estimate of drug-likeness (QED) is 0.747. The second-order valence-corrected chi connectivity index (χ2v) is 7.11. The lowest BCUT2D eigenvalue weighted by molar-refractivity contribution is -0.124. The van der Waals surface area contributed by atoms with Crippen molar-refractivity contribution in [3.63, 3.8) is 0 Å². The van der Waals surface area contributed by atoms with E-state index in [1.807, 2.05) is 30.0 Å². The largest absolute Gasteiger partial charge is 0.497 e. The number of nitrogens with one attached hydrogen (secondary N) is 2. The van der Waals surface area contributed by atoms with Crippen LogP contribution >= 0.6 is 0 Å². The van der Waals surface area contributed by atoms with Gasteiger partial charge in [0.25, 0.3) is 0 Å². The molecular weight excluding hydrogens is 330 g/mol. The predicted molar refractivity (Wildman–Crippen MR) is 103 cm³/mol. The topological polar surface area (TPSA) is 70.7 Å². The number of anilines is 1. The first kappa shape index (κ1) is 20.2. The monoisotopic (exact) mass is 361 g/mol. The number of ether oxygens (including phenoxy) is 1. The van der Waals surface area contributed by atoms with Gasteiger partial charge in [-0.25, -0.2) is 0 Å². The van der Waals surface area contributed by atoms with E-state index in [0.717, 1.165) is 18.8 Å². The molecule has 1 aromatic rings. The third-order valence-corrected chi connectivity index (χ3v) is 4.92. The van der Waals surface area contributed by atoms with Crippen LogP contribution in [0.25, 0.3) is 0 Å². The van der Waals surface area contributed by atoms with Crippen molar-refractivity contribution in [1.29, 1.82) is 0 Å². The van der Waals surface area contributed by atoms with Crippen LogP contribution in [0.2, 0.25) is 0 Å². The summed E-state index contributed by atoms with van der Waals surface area (Å²) in [6.07, 6.45) is 4.45. The highest BCUT2D eigenvalue weighted by molar-refractivity contribution is 5.92. The highest BCUT2D eigenvalue weighted by Gasteiger charge is 2.21. The number of benzene rings is 1. The Morgan fingerprint density at radius 3 is 2.50 bits per heavy atom. The number of likely N-dealkylation sites (N-methyl/N-ethyl adjacent to an activating group) is 1. The molecule has 2 rings (SSSR count). The molecule has 6 heteroatoms. The summed E-state index contributed by atoms with van der Waals surface area (Å²) in [6.45, 7) is 5.28. The lowest BCUT2D eigenvalue weighted by Gasteiger charge is -2.28. The standard InChI is InChI=1S/C20H31N3O3/c1-4-23(13-19(24)21-16-10-8-15(2)9-11-16)14-20(25)22-17-6-5-7-18(12-17)26-3/h5-7,12,15-16H,4,8-11,13-14H2,1-3H3,(H,21,24)(H,22,25). The van der Waals surface area contributed by atoms with E-state index in [1.54, 1.807) is 13.2 Å². The lowest BCUT2D eigenvalue weighted by atomic mass is 9.87. The van der Waals surface area contributed by atoms with Crippen LogP contribution in [-0.2, 0) is 9.59 Å². The molecule has 0 unspecified atom stereocenters. The molecule has 0 bridgehead atoms. The summed E-state index contributed by atoms with van der Waals surface area (Å²) >= 11 is 0. The molecule has 1 aliphatic carbocycles. The summed E-state index contributed by atoms with van der Waals surface area (Å²) in [5.41, 5.74) is 0.686. The molecule has 144 valence electrons. The highest BCUT2D eigenvalue weighted by atomic mass is 16.5. The van der Waals surface area contributed by atoms with Crippen LogP contribution in [0.3, 0.4) is 0 Å². The molecule has 0 spiro atoms. The third-order valence-electron chi connectivity index (χ3n) is 4.92. The van der Waals surface area contributed by atoms with Crippen LogP contribution in [-0.4, -0.2) is 49.5 Å². The molecule has 0 heterocycles. The van der Waals surface area contributed by atoms with Crippen molar-refractivity contribution in [2.24, 2.45) is 5.92 Å². The van der Waals surface area contributed by atoms with Crippen LogP contribution in [0.4, 0.5) is 5.69 Å². The van der Waals surface area contributed by atoms with Crippen molar-refractivity contribution < 1.29 is 14.3 Å². The lowest BCUT2D eigenvalue weighted by Crippen LogP contribution is -2.45. The van der Waals surface area contributed by atoms with E-state index in [4.69, 9.17) is 4.74 Å². The molecule has 26 heavy (non-hydrogen) atoms. The summed E-state index contributed by atoms with van der Waals surface area (Å²) < 4.78 is 5.16. The van der Waals surface area contributed by atoms with E-state index >= 15 is 0 Å². The van der Waals surface area contributed by atoms with E-state index in [1.165, 1.54) is 12.8 Å².